The fourth-order valence-corrected chi connectivity index (χ4v) is 4.05. The molecular formula is C20H25FN4O3S. The van der Waals surface area contributed by atoms with Crippen LogP contribution in [0.3, 0.4) is 0 Å². The zero-order chi connectivity index (χ0) is 20.6. The van der Waals surface area contributed by atoms with E-state index in [1.54, 1.807) is 12.1 Å². The van der Waals surface area contributed by atoms with Gasteiger partial charge in [0.1, 0.15) is 11.9 Å². The third-order valence-electron chi connectivity index (χ3n) is 5.09. The van der Waals surface area contributed by atoms with Crippen LogP contribution in [0.4, 0.5) is 4.39 Å². The lowest BCUT2D eigenvalue weighted by Crippen LogP contribution is -2.48. The minimum atomic E-state index is -1.12. The van der Waals surface area contributed by atoms with Gasteiger partial charge in [-0.05, 0) is 30.4 Å². The largest absolute Gasteiger partial charge is 0.383 e. The van der Waals surface area contributed by atoms with Crippen LogP contribution >= 0.6 is 11.5 Å². The molecule has 1 saturated carbocycles. The third kappa shape index (κ3) is 5.36. The van der Waals surface area contributed by atoms with Gasteiger partial charge in [0.25, 0.3) is 5.91 Å². The Balaban J connectivity index is 1.94. The van der Waals surface area contributed by atoms with Crippen molar-refractivity contribution in [1.82, 2.24) is 19.8 Å². The second-order valence-corrected chi connectivity index (χ2v) is 7.66. The summed E-state index contributed by atoms with van der Waals surface area (Å²) in [5.41, 5.74) is 0.270. The van der Waals surface area contributed by atoms with Gasteiger partial charge in [0, 0.05) is 30.6 Å². The Labute approximate surface area is 173 Å². The van der Waals surface area contributed by atoms with Gasteiger partial charge >= 0.3 is 0 Å². The smallest absolute Gasteiger partial charge is 0.276 e. The van der Waals surface area contributed by atoms with E-state index in [1.807, 2.05) is 0 Å². The maximum absolute atomic E-state index is 14.7. The molecule has 1 aliphatic carbocycles. The first-order valence-electron chi connectivity index (χ1n) is 9.73. The van der Waals surface area contributed by atoms with Crippen LogP contribution in [0, 0.1) is 5.82 Å². The van der Waals surface area contributed by atoms with Gasteiger partial charge in [0.05, 0.1) is 6.61 Å². The minimum absolute atomic E-state index is 0.0332. The number of ether oxygens (including phenoxy) is 1. The minimum Gasteiger partial charge on any atom is -0.383 e. The number of hydrogen-bond donors (Lipinski definition) is 1. The summed E-state index contributed by atoms with van der Waals surface area (Å²) in [5.74, 6) is -1.42. The van der Waals surface area contributed by atoms with E-state index in [4.69, 9.17) is 4.74 Å². The van der Waals surface area contributed by atoms with Crippen molar-refractivity contribution in [2.24, 2.45) is 0 Å². The van der Waals surface area contributed by atoms with Crippen molar-refractivity contribution in [3.8, 4) is 0 Å². The molecule has 0 aliphatic heterocycles. The molecule has 29 heavy (non-hydrogen) atoms. The second kappa shape index (κ2) is 10.4. The van der Waals surface area contributed by atoms with Gasteiger partial charge < -0.3 is 15.0 Å². The monoisotopic (exact) mass is 420 g/mol. The topological polar surface area (TPSA) is 84.4 Å². The lowest BCUT2D eigenvalue weighted by molar-refractivity contribution is -0.127. The summed E-state index contributed by atoms with van der Waals surface area (Å²) in [7, 11) is 1.51. The molecule has 0 bridgehead atoms. The van der Waals surface area contributed by atoms with Crippen LogP contribution in [-0.4, -0.2) is 52.6 Å². The van der Waals surface area contributed by atoms with E-state index in [0.29, 0.717) is 0 Å². The Hall–Kier alpha value is -2.39. The Bertz CT molecular complexity index is 812. The van der Waals surface area contributed by atoms with Crippen LogP contribution in [0.5, 0.6) is 0 Å². The highest BCUT2D eigenvalue weighted by Crippen LogP contribution is 2.27. The number of hydrogen-bond acceptors (Lipinski definition) is 6. The molecule has 1 aromatic carbocycles. The first-order chi connectivity index (χ1) is 14.1. The number of methoxy groups -OCH3 is 1. The average molecular weight is 421 g/mol. The molecule has 2 aromatic rings. The number of halogens is 1. The zero-order valence-electron chi connectivity index (χ0n) is 16.3. The van der Waals surface area contributed by atoms with Crippen molar-refractivity contribution < 1.29 is 18.7 Å². The molecule has 1 heterocycles. The van der Waals surface area contributed by atoms with Gasteiger partial charge in [-0.1, -0.05) is 41.9 Å². The highest BCUT2D eigenvalue weighted by Gasteiger charge is 2.35. The third-order valence-corrected chi connectivity index (χ3v) is 5.59. The molecule has 0 radical (unpaired) electrons. The van der Waals surface area contributed by atoms with Crippen molar-refractivity contribution in [3.05, 3.63) is 46.7 Å². The van der Waals surface area contributed by atoms with Crippen LogP contribution in [0.1, 0.15) is 54.2 Å². The molecule has 1 aliphatic rings. The van der Waals surface area contributed by atoms with E-state index in [9.17, 15) is 14.0 Å². The SMILES string of the molecule is COCCN(C(=O)c1csnn1)[C@@H](C(=O)NC1CCCCC1)c1ccccc1F. The van der Waals surface area contributed by atoms with Gasteiger partial charge in [-0.25, -0.2) is 4.39 Å². The number of benzene rings is 1. The molecule has 1 atom stereocenters. The van der Waals surface area contributed by atoms with E-state index in [1.165, 1.54) is 29.5 Å². The summed E-state index contributed by atoms with van der Waals surface area (Å²) in [6.07, 6.45) is 5.02. The highest BCUT2D eigenvalue weighted by atomic mass is 32.1. The Morgan fingerprint density at radius 3 is 2.72 bits per heavy atom. The number of nitrogens with zero attached hydrogens (tertiary/aromatic N) is 3. The molecule has 2 amide bonds. The van der Waals surface area contributed by atoms with Crippen molar-refractivity contribution in [3.63, 3.8) is 0 Å². The van der Waals surface area contributed by atoms with Gasteiger partial charge in [0.2, 0.25) is 5.91 Å². The molecule has 7 nitrogen and oxygen atoms in total. The predicted molar refractivity (Wildman–Crippen MR) is 107 cm³/mol. The molecule has 3 rings (SSSR count). The first-order valence-corrected chi connectivity index (χ1v) is 10.6. The molecule has 0 spiro atoms. The lowest BCUT2D eigenvalue weighted by Gasteiger charge is -2.33. The van der Waals surface area contributed by atoms with Crippen LogP contribution in [0.15, 0.2) is 29.6 Å². The van der Waals surface area contributed by atoms with Gasteiger partial charge in [0.15, 0.2) is 5.69 Å². The summed E-state index contributed by atoms with van der Waals surface area (Å²) in [6.45, 7) is 0.314. The van der Waals surface area contributed by atoms with Crippen LogP contribution in [-0.2, 0) is 9.53 Å². The number of rotatable bonds is 8. The fraction of sp³-hybridized carbons (Fsp3) is 0.500. The standard InChI is InChI=1S/C20H25FN4O3S/c1-28-12-11-25(20(27)17-13-29-24-23-17)18(15-9-5-6-10-16(15)21)19(26)22-14-7-3-2-4-8-14/h5-6,9-10,13-14,18H,2-4,7-8,11-12H2,1H3,(H,22,26)/t18-/m1/s1. The average Bonchev–Trinajstić information content (AvgIpc) is 3.27. The Morgan fingerprint density at radius 2 is 2.07 bits per heavy atom. The fourth-order valence-electron chi connectivity index (χ4n) is 3.62. The number of carbonyl (C=O) groups is 2. The molecule has 0 unspecified atom stereocenters. The van der Waals surface area contributed by atoms with Gasteiger partial charge in [-0.15, -0.1) is 5.10 Å². The van der Waals surface area contributed by atoms with E-state index < -0.39 is 23.7 Å². The van der Waals surface area contributed by atoms with Gasteiger partial charge in [-0.3, -0.25) is 9.59 Å². The number of nitrogens with one attached hydrogen (secondary N) is 1. The predicted octanol–water partition coefficient (Wildman–Crippen LogP) is 2.96. The molecule has 1 aromatic heterocycles. The van der Waals surface area contributed by atoms with Crippen molar-refractivity contribution in [2.75, 3.05) is 20.3 Å². The molecule has 1 N–H and O–H groups in total. The molecule has 156 valence electrons. The van der Waals surface area contributed by atoms with E-state index >= 15 is 0 Å². The number of carbonyl (C=O) groups excluding carboxylic acids is 2. The quantitative estimate of drug-likeness (QED) is 0.710. The second-order valence-electron chi connectivity index (χ2n) is 7.05. The van der Waals surface area contributed by atoms with Crippen LogP contribution < -0.4 is 5.32 Å². The van der Waals surface area contributed by atoms with E-state index in [2.05, 4.69) is 14.9 Å². The number of aromatic nitrogens is 2. The van der Waals surface area contributed by atoms with Crippen molar-refractivity contribution in [1.29, 1.82) is 0 Å². The number of amides is 2. The molecule has 9 heteroatoms. The normalized spacial score (nSPS) is 15.7. The maximum atomic E-state index is 14.7. The highest BCUT2D eigenvalue weighted by molar-refractivity contribution is 7.03. The van der Waals surface area contributed by atoms with E-state index in [0.717, 1.165) is 43.6 Å². The Morgan fingerprint density at radius 1 is 1.31 bits per heavy atom. The van der Waals surface area contributed by atoms with Crippen molar-refractivity contribution in [2.45, 2.75) is 44.2 Å². The van der Waals surface area contributed by atoms with Crippen LogP contribution in [0.2, 0.25) is 0 Å². The lowest BCUT2D eigenvalue weighted by atomic mass is 9.94. The Kier molecular flexibility index (Phi) is 7.65. The molecule has 0 saturated heterocycles. The zero-order valence-corrected chi connectivity index (χ0v) is 17.2. The molecule has 1 fully saturated rings. The maximum Gasteiger partial charge on any atom is 0.276 e. The van der Waals surface area contributed by atoms with E-state index in [-0.39, 0.29) is 30.5 Å². The van der Waals surface area contributed by atoms with Crippen molar-refractivity contribution >= 4 is 23.3 Å². The molecular weight excluding hydrogens is 395 g/mol. The summed E-state index contributed by atoms with van der Waals surface area (Å²) in [6, 6.07) is 4.95. The summed E-state index contributed by atoms with van der Waals surface area (Å²) < 4.78 is 23.6. The van der Waals surface area contributed by atoms with Gasteiger partial charge in [-0.2, -0.15) is 0 Å². The first kappa shape index (κ1) is 21.3. The summed E-state index contributed by atoms with van der Waals surface area (Å²) in [4.78, 5) is 27.7. The summed E-state index contributed by atoms with van der Waals surface area (Å²) in [5, 5.41) is 8.37. The summed E-state index contributed by atoms with van der Waals surface area (Å²) >= 11 is 1.04. The van der Waals surface area contributed by atoms with Crippen LogP contribution in [0.25, 0.3) is 0 Å².